The number of nitrogens with zero attached hydrogens (tertiary/aromatic N) is 4. The molecule has 3 rings (SSSR count). The molecule has 0 aliphatic carbocycles. The molecule has 0 unspecified atom stereocenters. The van der Waals surface area contributed by atoms with Crippen LogP contribution in [0.3, 0.4) is 0 Å². The van der Waals surface area contributed by atoms with Gasteiger partial charge in [0.1, 0.15) is 10.8 Å². The molecule has 0 saturated carbocycles. The molecule has 1 saturated heterocycles. The van der Waals surface area contributed by atoms with Crippen LogP contribution in [0.4, 0.5) is 10.8 Å². The van der Waals surface area contributed by atoms with Gasteiger partial charge in [0.2, 0.25) is 5.13 Å². The lowest BCUT2D eigenvalue weighted by atomic mass is 9.98. The topological polar surface area (TPSA) is 41.5 Å². The maximum absolute atomic E-state index is 5.22. The number of rotatable bonds is 3. The van der Waals surface area contributed by atoms with Crippen LogP contribution in [0.15, 0.2) is 24.3 Å². The van der Waals surface area contributed by atoms with Crippen molar-refractivity contribution < 1.29 is 4.74 Å². The summed E-state index contributed by atoms with van der Waals surface area (Å²) < 4.78 is 5.22. The van der Waals surface area contributed by atoms with Gasteiger partial charge in [-0.15, -0.1) is 10.2 Å². The SMILES string of the molecule is COc1ccc(N2CCN(c3nnc(C(C)(C)C)s3)CC2)cc1. The fourth-order valence-corrected chi connectivity index (χ4v) is 3.55. The van der Waals surface area contributed by atoms with Gasteiger partial charge < -0.3 is 14.5 Å². The fourth-order valence-electron chi connectivity index (χ4n) is 2.60. The van der Waals surface area contributed by atoms with Gasteiger partial charge in [-0.2, -0.15) is 0 Å². The van der Waals surface area contributed by atoms with Crippen molar-refractivity contribution in [3.8, 4) is 5.75 Å². The molecule has 0 radical (unpaired) electrons. The molecule has 0 amide bonds. The van der Waals surface area contributed by atoms with Crippen molar-refractivity contribution in [1.82, 2.24) is 10.2 Å². The van der Waals surface area contributed by atoms with Crippen LogP contribution in [0.2, 0.25) is 0 Å². The molecule has 1 aromatic carbocycles. The first kappa shape index (κ1) is 16.1. The van der Waals surface area contributed by atoms with Crippen LogP contribution in [-0.4, -0.2) is 43.5 Å². The summed E-state index contributed by atoms with van der Waals surface area (Å²) in [5, 5.41) is 10.9. The van der Waals surface area contributed by atoms with Crippen LogP contribution in [0.1, 0.15) is 25.8 Å². The van der Waals surface area contributed by atoms with E-state index in [1.54, 1.807) is 18.4 Å². The van der Waals surface area contributed by atoms with E-state index in [9.17, 15) is 0 Å². The number of hydrogen-bond donors (Lipinski definition) is 0. The predicted octanol–water partition coefficient (Wildman–Crippen LogP) is 3.17. The molecule has 0 atom stereocenters. The number of benzene rings is 1. The zero-order chi connectivity index (χ0) is 16.4. The van der Waals surface area contributed by atoms with Gasteiger partial charge in [0.15, 0.2) is 0 Å². The van der Waals surface area contributed by atoms with Crippen LogP contribution in [0, 0.1) is 0 Å². The Kier molecular flexibility index (Phi) is 4.43. The molecule has 0 spiro atoms. The Bertz CT molecular complexity index is 639. The number of ether oxygens (including phenoxy) is 1. The molecule has 0 bridgehead atoms. The Balaban J connectivity index is 1.62. The first-order chi connectivity index (χ1) is 11.0. The van der Waals surface area contributed by atoms with Crippen molar-refractivity contribution in [1.29, 1.82) is 0 Å². The Morgan fingerprint density at radius 2 is 1.57 bits per heavy atom. The molecule has 1 aromatic heterocycles. The second kappa shape index (κ2) is 6.35. The first-order valence-corrected chi connectivity index (χ1v) is 8.77. The Labute approximate surface area is 141 Å². The van der Waals surface area contributed by atoms with Crippen molar-refractivity contribution in [3.05, 3.63) is 29.3 Å². The molecular formula is C17H24N4OS. The molecule has 1 aliphatic rings. The fraction of sp³-hybridized carbons (Fsp3) is 0.529. The van der Waals surface area contributed by atoms with Gasteiger partial charge in [0.25, 0.3) is 0 Å². The van der Waals surface area contributed by atoms with Gasteiger partial charge >= 0.3 is 0 Å². The molecule has 0 N–H and O–H groups in total. The van der Waals surface area contributed by atoms with Crippen LogP contribution in [0.5, 0.6) is 5.75 Å². The third-order valence-electron chi connectivity index (χ3n) is 4.04. The predicted molar refractivity (Wildman–Crippen MR) is 96.0 cm³/mol. The zero-order valence-electron chi connectivity index (χ0n) is 14.2. The standard InChI is InChI=1S/C17H24N4OS/c1-17(2,3)15-18-19-16(23-15)21-11-9-20(10-12-21)13-5-7-14(22-4)8-6-13/h5-8H,9-12H2,1-4H3. The monoisotopic (exact) mass is 332 g/mol. The van der Waals surface area contributed by atoms with Crippen molar-refractivity contribution in [2.75, 3.05) is 43.1 Å². The van der Waals surface area contributed by atoms with Crippen LogP contribution < -0.4 is 14.5 Å². The highest BCUT2D eigenvalue weighted by molar-refractivity contribution is 7.15. The minimum absolute atomic E-state index is 0.0703. The van der Waals surface area contributed by atoms with E-state index in [-0.39, 0.29) is 5.41 Å². The molecular weight excluding hydrogens is 308 g/mol. The number of piperazine rings is 1. The number of hydrogen-bond acceptors (Lipinski definition) is 6. The summed E-state index contributed by atoms with van der Waals surface area (Å²) in [6.45, 7) is 10.5. The normalized spacial score (nSPS) is 15.8. The summed E-state index contributed by atoms with van der Waals surface area (Å²) in [4.78, 5) is 4.74. The maximum Gasteiger partial charge on any atom is 0.208 e. The molecule has 5 nitrogen and oxygen atoms in total. The average molecular weight is 332 g/mol. The third-order valence-corrected chi connectivity index (χ3v) is 5.45. The second-order valence-corrected chi connectivity index (χ2v) is 7.77. The lowest BCUT2D eigenvalue weighted by molar-refractivity contribution is 0.415. The molecule has 2 aromatic rings. The minimum atomic E-state index is 0.0703. The van der Waals surface area contributed by atoms with E-state index in [1.165, 1.54) is 5.69 Å². The summed E-state index contributed by atoms with van der Waals surface area (Å²) in [5.74, 6) is 0.899. The highest BCUT2D eigenvalue weighted by Crippen LogP contribution is 2.30. The van der Waals surface area contributed by atoms with E-state index in [4.69, 9.17) is 4.74 Å². The van der Waals surface area contributed by atoms with Gasteiger partial charge in [-0.3, -0.25) is 0 Å². The van der Waals surface area contributed by atoms with Crippen molar-refractivity contribution >= 4 is 22.2 Å². The lowest BCUT2D eigenvalue weighted by Crippen LogP contribution is -2.46. The van der Waals surface area contributed by atoms with Gasteiger partial charge in [-0.25, -0.2) is 0 Å². The molecule has 6 heteroatoms. The van der Waals surface area contributed by atoms with E-state index in [0.29, 0.717) is 0 Å². The smallest absolute Gasteiger partial charge is 0.208 e. The molecule has 1 fully saturated rings. The Morgan fingerprint density at radius 1 is 0.957 bits per heavy atom. The summed E-state index contributed by atoms with van der Waals surface area (Å²) in [5.41, 5.74) is 1.32. The van der Waals surface area contributed by atoms with Gasteiger partial charge in [-0.1, -0.05) is 32.1 Å². The average Bonchev–Trinajstić information content (AvgIpc) is 3.05. The van der Waals surface area contributed by atoms with Gasteiger partial charge in [-0.05, 0) is 24.3 Å². The summed E-state index contributed by atoms with van der Waals surface area (Å²) in [6.07, 6.45) is 0. The third kappa shape index (κ3) is 3.58. The van der Waals surface area contributed by atoms with E-state index in [1.807, 2.05) is 12.1 Å². The van der Waals surface area contributed by atoms with Crippen LogP contribution >= 0.6 is 11.3 Å². The molecule has 1 aliphatic heterocycles. The quantitative estimate of drug-likeness (QED) is 0.863. The highest BCUT2D eigenvalue weighted by atomic mass is 32.1. The van der Waals surface area contributed by atoms with E-state index in [2.05, 4.69) is 52.9 Å². The van der Waals surface area contributed by atoms with Gasteiger partial charge in [0, 0.05) is 37.3 Å². The van der Waals surface area contributed by atoms with Crippen LogP contribution in [-0.2, 0) is 5.41 Å². The number of aromatic nitrogens is 2. The number of anilines is 2. The lowest BCUT2D eigenvalue weighted by Gasteiger charge is -2.35. The van der Waals surface area contributed by atoms with E-state index in [0.717, 1.165) is 42.1 Å². The van der Waals surface area contributed by atoms with Crippen molar-refractivity contribution in [3.63, 3.8) is 0 Å². The molecule has 23 heavy (non-hydrogen) atoms. The zero-order valence-corrected chi connectivity index (χ0v) is 15.1. The summed E-state index contributed by atoms with van der Waals surface area (Å²) in [6, 6.07) is 8.28. The maximum atomic E-state index is 5.22. The number of methoxy groups -OCH3 is 1. The molecule has 2 heterocycles. The largest absolute Gasteiger partial charge is 0.497 e. The van der Waals surface area contributed by atoms with Crippen molar-refractivity contribution in [2.45, 2.75) is 26.2 Å². The summed E-state index contributed by atoms with van der Waals surface area (Å²) in [7, 11) is 1.70. The van der Waals surface area contributed by atoms with E-state index >= 15 is 0 Å². The van der Waals surface area contributed by atoms with Crippen LogP contribution in [0.25, 0.3) is 0 Å². The Morgan fingerprint density at radius 3 is 2.09 bits per heavy atom. The first-order valence-electron chi connectivity index (χ1n) is 7.95. The van der Waals surface area contributed by atoms with Gasteiger partial charge in [0.05, 0.1) is 7.11 Å². The minimum Gasteiger partial charge on any atom is -0.497 e. The van der Waals surface area contributed by atoms with E-state index < -0.39 is 0 Å². The van der Waals surface area contributed by atoms with Crippen molar-refractivity contribution in [2.24, 2.45) is 0 Å². The Hall–Kier alpha value is -1.82. The summed E-state index contributed by atoms with van der Waals surface area (Å²) >= 11 is 1.72. The second-order valence-electron chi connectivity index (χ2n) is 6.81. The molecule has 124 valence electrons. The highest BCUT2D eigenvalue weighted by Gasteiger charge is 2.24.